The molecule has 3 aliphatic rings. The highest BCUT2D eigenvalue weighted by Crippen LogP contribution is 2.39. The van der Waals surface area contributed by atoms with Gasteiger partial charge in [0.2, 0.25) is 6.41 Å². The number of piperazine rings is 1. The Morgan fingerprint density at radius 2 is 2.12 bits per heavy atom. The Morgan fingerprint density at radius 1 is 1.38 bits per heavy atom. The minimum Gasteiger partial charge on any atom is -0.405 e. The second kappa shape index (κ2) is 5.48. The van der Waals surface area contributed by atoms with Crippen LogP contribution in [0.1, 0.15) is 11.3 Å². The topological polar surface area (TPSA) is 112 Å². The molecule has 124 valence electrons. The standard InChI is InChI=1S/C16H18N6OS/c17-2-1-11(18)14-4-12-16(24-14)13(5-15(19)20-12)21-6-9-3-10(7-21)22(9)8-23/h1-2,4-5,8-10,18H,3,6-7,17H2,(H2,19,20). The Hall–Kier alpha value is -2.61. The van der Waals surface area contributed by atoms with Crippen molar-refractivity contribution in [2.24, 2.45) is 5.73 Å². The van der Waals surface area contributed by atoms with Crippen molar-refractivity contribution >= 4 is 45.2 Å². The summed E-state index contributed by atoms with van der Waals surface area (Å²) in [5, 5.41) is 8.05. The Balaban J connectivity index is 1.73. The molecule has 1 amide bonds. The van der Waals surface area contributed by atoms with E-state index in [2.05, 4.69) is 9.88 Å². The van der Waals surface area contributed by atoms with Crippen molar-refractivity contribution in [2.75, 3.05) is 23.7 Å². The van der Waals surface area contributed by atoms with Crippen molar-refractivity contribution in [3.05, 3.63) is 29.3 Å². The van der Waals surface area contributed by atoms with Gasteiger partial charge < -0.3 is 21.3 Å². The number of nitrogens with one attached hydrogen (secondary N) is 1. The van der Waals surface area contributed by atoms with Crippen LogP contribution in [0.2, 0.25) is 0 Å². The Bertz CT molecular complexity index is 848. The number of carbonyl (C=O) groups is 1. The summed E-state index contributed by atoms with van der Waals surface area (Å²) in [6, 6.07) is 4.33. The molecular formula is C16H18N6OS. The maximum atomic E-state index is 11.1. The summed E-state index contributed by atoms with van der Waals surface area (Å²) in [5.74, 6) is 0.467. The normalized spacial score (nSPS) is 22.8. The van der Waals surface area contributed by atoms with E-state index >= 15 is 0 Å². The fourth-order valence-corrected chi connectivity index (χ4v) is 4.65. The van der Waals surface area contributed by atoms with E-state index in [0.29, 0.717) is 11.5 Å². The molecule has 5 rings (SSSR count). The summed E-state index contributed by atoms with van der Waals surface area (Å²) in [5.41, 5.74) is 13.6. The molecule has 0 spiro atoms. The lowest BCUT2D eigenvalue weighted by molar-refractivity contribution is -0.131. The smallest absolute Gasteiger partial charge is 0.210 e. The number of nitrogens with zero attached hydrogens (tertiary/aromatic N) is 3. The Labute approximate surface area is 143 Å². The summed E-state index contributed by atoms with van der Waals surface area (Å²) in [6.07, 6.45) is 4.95. The van der Waals surface area contributed by atoms with Gasteiger partial charge >= 0.3 is 0 Å². The van der Waals surface area contributed by atoms with Crippen LogP contribution in [0.25, 0.3) is 10.2 Å². The fourth-order valence-electron chi connectivity index (χ4n) is 3.58. The molecule has 0 saturated carbocycles. The van der Waals surface area contributed by atoms with Crippen molar-refractivity contribution in [3.63, 3.8) is 0 Å². The van der Waals surface area contributed by atoms with E-state index in [1.165, 1.54) is 17.5 Å². The molecule has 2 aromatic heterocycles. The molecule has 8 heteroatoms. The van der Waals surface area contributed by atoms with Gasteiger partial charge in [-0.15, -0.1) is 11.3 Å². The van der Waals surface area contributed by atoms with Crippen LogP contribution in [0.4, 0.5) is 11.5 Å². The number of allylic oxidation sites excluding steroid dienone is 1. The monoisotopic (exact) mass is 342 g/mol. The molecule has 2 atom stereocenters. The van der Waals surface area contributed by atoms with Crippen LogP contribution in [0.5, 0.6) is 0 Å². The van der Waals surface area contributed by atoms with Crippen LogP contribution in [-0.4, -0.2) is 47.2 Å². The van der Waals surface area contributed by atoms with Crippen LogP contribution in [0.3, 0.4) is 0 Å². The lowest BCUT2D eigenvalue weighted by atomic mass is 9.88. The molecule has 24 heavy (non-hydrogen) atoms. The van der Waals surface area contributed by atoms with Crippen molar-refractivity contribution in [1.82, 2.24) is 9.88 Å². The number of rotatable bonds is 4. The van der Waals surface area contributed by atoms with Crippen molar-refractivity contribution in [3.8, 4) is 0 Å². The fraction of sp³-hybridized carbons (Fsp3) is 0.312. The number of pyridine rings is 1. The first-order valence-corrected chi connectivity index (χ1v) is 8.57. The van der Waals surface area contributed by atoms with E-state index in [4.69, 9.17) is 16.9 Å². The molecule has 5 heterocycles. The Morgan fingerprint density at radius 3 is 2.79 bits per heavy atom. The van der Waals surface area contributed by atoms with Crippen molar-refractivity contribution in [1.29, 1.82) is 5.41 Å². The zero-order chi connectivity index (χ0) is 16.8. The maximum absolute atomic E-state index is 11.1. The number of nitrogen functional groups attached to an aromatic ring is 1. The van der Waals surface area contributed by atoms with Crippen LogP contribution >= 0.6 is 11.3 Å². The molecule has 3 aliphatic heterocycles. The number of carbonyl (C=O) groups excluding carboxylic acids is 1. The number of fused-ring (bicyclic) bond motifs is 3. The highest BCUT2D eigenvalue weighted by Gasteiger charge is 2.44. The first-order valence-electron chi connectivity index (χ1n) is 7.75. The molecule has 2 aromatic rings. The van der Waals surface area contributed by atoms with Crippen LogP contribution in [0.15, 0.2) is 24.4 Å². The maximum Gasteiger partial charge on any atom is 0.210 e. The minimum atomic E-state index is 0.281. The first-order chi connectivity index (χ1) is 11.6. The number of aromatic nitrogens is 1. The largest absolute Gasteiger partial charge is 0.405 e. The van der Waals surface area contributed by atoms with Gasteiger partial charge in [0.05, 0.1) is 38.6 Å². The van der Waals surface area contributed by atoms with Crippen molar-refractivity contribution < 1.29 is 4.79 Å². The Kier molecular flexibility index (Phi) is 3.42. The highest BCUT2D eigenvalue weighted by atomic mass is 32.1. The van der Waals surface area contributed by atoms with Gasteiger partial charge in [0.15, 0.2) is 0 Å². The SMILES string of the molecule is N=C(C=CN)c1cc2nc(N)cc(N3CC4CC(C3)N4C=O)c2s1. The molecular weight excluding hydrogens is 324 g/mol. The lowest BCUT2D eigenvalue weighted by Crippen LogP contribution is -2.68. The number of nitrogens with two attached hydrogens (primary N) is 2. The van der Waals surface area contributed by atoms with Gasteiger partial charge in [-0.05, 0) is 24.8 Å². The molecule has 0 aliphatic carbocycles. The average molecular weight is 342 g/mol. The third-order valence-electron chi connectivity index (χ3n) is 4.72. The number of hydrogen-bond acceptors (Lipinski definition) is 7. The number of piperidine rings is 1. The van der Waals surface area contributed by atoms with E-state index in [0.717, 1.165) is 46.7 Å². The van der Waals surface area contributed by atoms with Gasteiger partial charge in [-0.25, -0.2) is 4.98 Å². The van der Waals surface area contributed by atoms with E-state index in [9.17, 15) is 4.79 Å². The van der Waals surface area contributed by atoms with Gasteiger partial charge in [0, 0.05) is 19.2 Å². The average Bonchev–Trinajstić information content (AvgIpc) is 2.98. The van der Waals surface area contributed by atoms with Crippen molar-refractivity contribution in [2.45, 2.75) is 18.5 Å². The summed E-state index contributed by atoms with van der Waals surface area (Å²) < 4.78 is 1.02. The van der Waals surface area contributed by atoms with Crippen LogP contribution < -0.4 is 16.4 Å². The second-order valence-electron chi connectivity index (χ2n) is 6.17. The number of amides is 1. The van der Waals surface area contributed by atoms with Crippen LogP contribution in [-0.2, 0) is 4.79 Å². The third-order valence-corrected chi connectivity index (χ3v) is 5.90. The summed E-state index contributed by atoms with van der Waals surface area (Å²) in [7, 11) is 0. The third kappa shape index (κ3) is 2.22. The molecule has 5 N–H and O–H groups in total. The summed E-state index contributed by atoms with van der Waals surface area (Å²) in [4.78, 5) is 20.5. The molecule has 2 bridgehead atoms. The van der Waals surface area contributed by atoms with Crippen LogP contribution in [0, 0.1) is 5.41 Å². The van der Waals surface area contributed by atoms with Gasteiger partial charge in [-0.3, -0.25) is 10.2 Å². The molecule has 2 unspecified atom stereocenters. The predicted molar refractivity (Wildman–Crippen MR) is 96.5 cm³/mol. The number of hydrogen-bond donors (Lipinski definition) is 3. The molecule has 3 saturated heterocycles. The summed E-state index contributed by atoms with van der Waals surface area (Å²) >= 11 is 1.52. The van der Waals surface area contributed by atoms with Gasteiger partial charge in [-0.2, -0.15) is 0 Å². The zero-order valence-electron chi connectivity index (χ0n) is 13.0. The molecule has 0 aromatic carbocycles. The van der Waals surface area contributed by atoms with E-state index in [-0.39, 0.29) is 12.1 Å². The quantitative estimate of drug-likeness (QED) is 0.570. The summed E-state index contributed by atoms with van der Waals surface area (Å²) in [6.45, 7) is 1.61. The molecule has 3 fully saturated rings. The van der Waals surface area contributed by atoms with Gasteiger partial charge in [0.25, 0.3) is 0 Å². The van der Waals surface area contributed by atoms with E-state index in [1.54, 1.807) is 6.08 Å². The molecule has 0 radical (unpaired) electrons. The van der Waals surface area contributed by atoms with Gasteiger partial charge in [0.1, 0.15) is 5.82 Å². The minimum absolute atomic E-state index is 0.281. The zero-order valence-corrected chi connectivity index (χ0v) is 13.8. The predicted octanol–water partition coefficient (Wildman–Crippen LogP) is 1.14. The van der Waals surface area contributed by atoms with E-state index < -0.39 is 0 Å². The number of thiophene rings is 1. The first kappa shape index (κ1) is 14.9. The van der Waals surface area contributed by atoms with E-state index in [1.807, 2.05) is 17.0 Å². The lowest BCUT2D eigenvalue weighted by Gasteiger charge is -2.55. The highest BCUT2D eigenvalue weighted by molar-refractivity contribution is 7.21. The molecule has 7 nitrogen and oxygen atoms in total. The van der Waals surface area contributed by atoms with Gasteiger partial charge in [-0.1, -0.05) is 0 Å². The second-order valence-corrected chi connectivity index (χ2v) is 7.22. The number of anilines is 2.